The van der Waals surface area contributed by atoms with Gasteiger partial charge in [0, 0.05) is 18.5 Å². The van der Waals surface area contributed by atoms with Crippen molar-refractivity contribution in [2.45, 2.75) is 44.0 Å². The highest BCUT2D eigenvalue weighted by Crippen LogP contribution is 2.30. The number of para-hydroxylation sites is 1. The summed E-state index contributed by atoms with van der Waals surface area (Å²) in [5, 5.41) is 8.70. The number of anilines is 1. The Kier molecular flexibility index (Phi) is 4.70. The number of aryl methyl sites for hydroxylation is 2. The van der Waals surface area contributed by atoms with Crippen molar-refractivity contribution >= 4 is 15.7 Å². The summed E-state index contributed by atoms with van der Waals surface area (Å²) < 4.78 is 30.5. The summed E-state index contributed by atoms with van der Waals surface area (Å²) >= 11 is 0. The summed E-state index contributed by atoms with van der Waals surface area (Å²) in [6.45, 7) is 2.78. The van der Waals surface area contributed by atoms with Crippen LogP contribution < -0.4 is 4.72 Å². The number of benzene rings is 2. The second-order valence-electron chi connectivity index (χ2n) is 6.87. The number of sulfonamides is 1. The van der Waals surface area contributed by atoms with Gasteiger partial charge in [-0.1, -0.05) is 36.2 Å². The fourth-order valence-electron chi connectivity index (χ4n) is 3.37. The molecule has 0 radical (unpaired) electrons. The summed E-state index contributed by atoms with van der Waals surface area (Å²) in [5.74, 6) is 1.69. The maximum absolute atomic E-state index is 12.8. The fourth-order valence-corrected chi connectivity index (χ4v) is 4.45. The summed E-state index contributed by atoms with van der Waals surface area (Å²) in [6, 6.07) is 14.2. The van der Waals surface area contributed by atoms with Crippen LogP contribution in [0.4, 0.5) is 5.69 Å². The number of rotatable bonds is 4. The molecule has 0 aliphatic carbocycles. The molecule has 0 spiro atoms. The number of fused-ring (bicyclic) bond motifs is 1. The Bertz CT molecular complexity index is 1060. The monoisotopic (exact) mass is 382 g/mol. The molecule has 0 amide bonds. The van der Waals surface area contributed by atoms with Crippen molar-refractivity contribution in [3.05, 3.63) is 59.9 Å². The molecular weight excluding hydrogens is 360 g/mol. The second-order valence-corrected chi connectivity index (χ2v) is 8.55. The number of hydrogen-bond acceptors (Lipinski definition) is 4. The van der Waals surface area contributed by atoms with Crippen LogP contribution in [-0.2, 0) is 23.0 Å². The topological polar surface area (TPSA) is 76.9 Å². The van der Waals surface area contributed by atoms with Crippen molar-refractivity contribution in [1.29, 1.82) is 0 Å². The van der Waals surface area contributed by atoms with Crippen molar-refractivity contribution in [2.75, 3.05) is 4.72 Å². The van der Waals surface area contributed by atoms with E-state index < -0.39 is 10.0 Å². The molecule has 140 valence electrons. The van der Waals surface area contributed by atoms with E-state index in [1.165, 1.54) is 6.42 Å². The van der Waals surface area contributed by atoms with Crippen molar-refractivity contribution in [3.63, 3.8) is 0 Å². The quantitative estimate of drug-likeness (QED) is 0.745. The standard InChI is InChI=1S/C20H22N4O2S/c1-15-10-12-16(13-11-15)27(25,26)23-18-8-5-4-7-17(18)20-22-21-19-9-3-2-6-14-24(19)20/h4-5,7-8,10-13,23H,2-3,6,9,14H2,1H3. The van der Waals surface area contributed by atoms with Crippen molar-refractivity contribution in [2.24, 2.45) is 0 Å². The van der Waals surface area contributed by atoms with E-state index in [-0.39, 0.29) is 4.90 Å². The van der Waals surface area contributed by atoms with Crippen LogP contribution in [-0.4, -0.2) is 23.2 Å². The molecule has 2 heterocycles. The molecule has 27 heavy (non-hydrogen) atoms. The lowest BCUT2D eigenvalue weighted by Crippen LogP contribution is -2.14. The number of nitrogens with one attached hydrogen (secondary N) is 1. The van der Waals surface area contributed by atoms with Crippen molar-refractivity contribution < 1.29 is 8.42 Å². The summed E-state index contributed by atoms with van der Waals surface area (Å²) in [5.41, 5.74) is 2.27. The highest BCUT2D eigenvalue weighted by Gasteiger charge is 2.21. The molecule has 4 rings (SSSR count). The van der Waals surface area contributed by atoms with Gasteiger partial charge in [0.25, 0.3) is 10.0 Å². The number of aromatic nitrogens is 3. The molecule has 1 aliphatic rings. The van der Waals surface area contributed by atoms with Gasteiger partial charge in [-0.05, 0) is 44.0 Å². The minimum absolute atomic E-state index is 0.239. The first kappa shape index (κ1) is 17.7. The van der Waals surface area contributed by atoms with E-state index in [0.717, 1.165) is 42.8 Å². The van der Waals surface area contributed by atoms with Gasteiger partial charge < -0.3 is 4.57 Å². The molecule has 1 N–H and O–H groups in total. The van der Waals surface area contributed by atoms with Gasteiger partial charge >= 0.3 is 0 Å². The van der Waals surface area contributed by atoms with Crippen LogP contribution >= 0.6 is 0 Å². The van der Waals surface area contributed by atoms with E-state index in [0.29, 0.717) is 11.5 Å². The number of nitrogens with zero attached hydrogens (tertiary/aromatic N) is 3. The molecule has 2 aromatic carbocycles. The maximum atomic E-state index is 12.8. The van der Waals surface area contributed by atoms with Crippen LogP contribution in [0.3, 0.4) is 0 Å². The first-order valence-electron chi connectivity index (χ1n) is 9.15. The summed E-state index contributed by atoms with van der Waals surface area (Å²) in [6.07, 6.45) is 4.27. The second kappa shape index (κ2) is 7.15. The minimum atomic E-state index is -3.68. The van der Waals surface area contributed by atoms with E-state index in [4.69, 9.17) is 0 Å². The van der Waals surface area contributed by atoms with Crippen LogP contribution in [0.25, 0.3) is 11.4 Å². The normalized spacial score (nSPS) is 14.4. The van der Waals surface area contributed by atoms with Gasteiger partial charge in [0.15, 0.2) is 5.82 Å². The molecule has 0 unspecified atom stereocenters. The molecular formula is C20H22N4O2S. The zero-order chi connectivity index (χ0) is 18.9. The third-order valence-corrected chi connectivity index (χ3v) is 6.23. The lowest BCUT2D eigenvalue weighted by Gasteiger charge is -2.13. The van der Waals surface area contributed by atoms with Crippen molar-refractivity contribution in [1.82, 2.24) is 14.8 Å². The zero-order valence-electron chi connectivity index (χ0n) is 15.2. The molecule has 1 aromatic heterocycles. The molecule has 1 aliphatic heterocycles. The summed E-state index contributed by atoms with van der Waals surface area (Å²) in [7, 11) is -3.68. The highest BCUT2D eigenvalue weighted by molar-refractivity contribution is 7.92. The maximum Gasteiger partial charge on any atom is 0.261 e. The molecule has 0 bridgehead atoms. The fraction of sp³-hybridized carbons (Fsp3) is 0.300. The third kappa shape index (κ3) is 3.60. The molecule has 6 nitrogen and oxygen atoms in total. The first-order valence-corrected chi connectivity index (χ1v) is 10.6. The smallest absolute Gasteiger partial charge is 0.261 e. The van der Waals surface area contributed by atoms with Crippen LogP contribution in [0.5, 0.6) is 0 Å². The van der Waals surface area contributed by atoms with E-state index in [9.17, 15) is 8.42 Å². The number of hydrogen-bond donors (Lipinski definition) is 1. The lowest BCUT2D eigenvalue weighted by atomic mass is 10.1. The predicted molar refractivity (Wildman–Crippen MR) is 105 cm³/mol. The molecule has 0 saturated heterocycles. The predicted octanol–water partition coefficient (Wildman–Crippen LogP) is 3.78. The molecule has 0 saturated carbocycles. The Labute approximate surface area is 159 Å². The Hall–Kier alpha value is -2.67. The van der Waals surface area contributed by atoms with Crippen LogP contribution in [0.15, 0.2) is 53.4 Å². The Morgan fingerprint density at radius 1 is 0.963 bits per heavy atom. The van der Waals surface area contributed by atoms with Gasteiger partial charge in [0.1, 0.15) is 5.82 Å². The average molecular weight is 382 g/mol. The Morgan fingerprint density at radius 2 is 1.74 bits per heavy atom. The van der Waals surface area contributed by atoms with E-state index in [1.54, 1.807) is 30.3 Å². The molecule has 0 atom stereocenters. The Morgan fingerprint density at radius 3 is 2.56 bits per heavy atom. The zero-order valence-corrected chi connectivity index (χ0v) is 16.0. The van der Waals surface area contributed by atoms with Gasteiger partial charge in [0.05, 0.1) is 10.6 Å². The largest absolute Gasteiger partial charge is 0.311 e. The van der Waals surface area contributed by atoms with E-state index in [1.807, 2.05) is 25.1 Å². The van der Waals surface area contributed by atoms with Crippen LogP contribution in [0, 0.1) is 6.92 Å². The lowest BCUT2D eigenvalue weighted by molar-refractivity contribution is 0.601. The molecule has 0 fully saturated rings. The van der Waals surface area contributed by atoms with Gasteiger partial charge in [-0.2, -0.15) is 0 Å². The Balaban J connectivity index is 1.72. The van der Waals surface area contributed by atoms with Crippen molar-refractivity contribution in [3.8, 4) is 11.4 Å². The van der Waals surface area contributed by atoms with Gasteiger partial charge in [0.2, 0.25) is 0 Å². The van der Waals surface area contributed by atoms with Gasteiger partial charge in [-0.15, -0.1) is 10.2 Å². The molecule has 7 heteroatoms. The van der Waals surface area contributed by atoms with E-state index >= 15 is 0 Å². The van der Waals surface area contributed by atoms with Crippen LogP contribution in [0.2, 0.25) is 0 Å². The highest BCUT2D eigenvalue weighted by atomic mass is 32.2. The van der Waals surface area contributed by atoms with E-state index in [2.05, 4.69) is 19.5 Å². The molecule has 3 aromatic rings. The third-order valence-electron chi connectivity index (χ3n) is 4.85. The summed E-state index contributed by atoms with van der Waals surface area (Å²) in [4.78, 5) is 0.239. The SMILES string of the molecule is Cc1ccc(S(=O)(=O)Nc2ccccc2-c2nnc3n2CCCCC3)cc1. The van der Waals surface area contributed by atoms with Gasteiger partial charge in [-0.3, -0.25) is 4.72 Å². The van der Waals surface area contributed by atoms with Gasteiger partial charge in [-0.25, -0.2) is 8.42 Å². The minimum Gasteiger partial charge on any atom is -0.311 e. The average Bonchev–Trinajstić information content (AvgIpc) is 2.90. The first-order chi connectivity index (χ1) is 13.0. The van der Waals surface area contributed by atoms with Crippen LogP contribution in [0.1, 0.15) is 30.7 Å².